The van der Waals surface area contributed by atoms with Crippen LogP contribution in [0.15, 0.2) is 36.4 Å². The Morgan fingerprint density at radius 2 is 1.89 bits per heavy atom. The van der Waals surface area contributed by atoms with Gasteiger partial charge in [-0.05, 0) is 38.1 Å². The summed E-state index contributed by atoms with van der Waals surface area (Å²) in [5.74, 6) is 0. The van der Waals surface area contributed by atoms with Gasteiger partial charge in [0.2, 0.25) is 0 Å². The third kappa shape index (κ3) is 3.98. The fourth-order valence-electron chi connectivity index (χ4n) is 1.63. The Balaban J connectivity index is 1.92. The lowest BCUT2D eigenvalue weighted by atomic mass is 10.2. The van der Waals surface area contributed by atoms with Gasteiger partial charge < -0.3 is 10.6 Å². The van der Waals surface area contributed by atoms with Gasteiger partial charge in [-0.25, -0.2) is 4.79 Å². The monoisotopic (exact) mass is 294 g/mol. The number of urea groups is 1. The first-order valence-electron chi connectivity index (χ1n) is 5.94. The maximum Gasteiger partial charge on any atom is 0.319 e. The topological polar surface area (TPSA) is 41.1 Å². The number of hydrogen-bond acceptors (Lipinski definition) is 2. The van der Waals surface area contributed by atoms with Gasteiger partial charge in [0.1, 0.15) is 0 Å². The van der Waals surface area contributed by atoms with Crippen LogP contribution in [0.3, 0.4) is 0 Å². The van der Waals surface area contributed by atoms with Gasteiger partial charge in [0.15, 0.2) is 0 Å². The Morgan fingerprint density at radius 3 is 2.47 bits per heavy atom. The summed E-state index contributed by atoms with van der Waals surface area (Å²) in [6, 6.07) is 11.1. The summed E-state index contributed by atoms with van der Waals surface area (Å²) in [5.41, 5.74) is 1.94. The van der Waals surface area contributed by atoms with E-state index in [2.05, 4.69) is 10.6 Å². The molecule has 1 aromatic heterocycles. The molecule has 0 aliphatic rings. The van der Waals surface area contributed by atoms with E-state index in [0.29, 0.717) is 0 Å². The predicted octanol–water partition coefficient (Wildman–Crippen LogP) is 4.59. The van der Waals surface area contributed by atoms with E-state index >= 15 is 0 Å². The molecule has 0 bridgehead atoms. The molecule has 0 fully saturated rings. The predicted molar refractivity (Wildman–Crippen MR) is 81.1 cm³/mol. The van der Waals surface area contributed by atoms with Crippen molar-refractivity contribution in [2.45, 2.75) is 19.9 Å². The summed E-state index contributed by atoms with van der Waals surface area (Å²) in [4.78, 5) is 12.9. The van der Waals surface area contributed by atoms with Gasteiger partial charge in [0.05, 0.1) is 10.4 Å². The molecule has 2 aromatic rings. The molecule has 19 heavy (non-hydrogen) atoms. The molecule has 0 saturated heterocycles. The van der Waals surface area contributed by atoms with Crippen LogP contribution in [-0.4, -0.2) is 6.03 Å². The standard InChI is InChI=1S/C14H15ClN2OS/c1-9-3-5-11(6-4-9)17-14(18)16-10(2)12-7-8-13(15)19-12/h3-8,10H,1-2H3,(H2,16,17,18)/t10-/m1/s1. The van der Waals surface area contributed by atoms with E-state index in [1.807, 2.05) is 50.2 Å². The third-order valence-electron chi connectivity index (χ3n) is 2.68. The summed E-state index contributed by atoms with van der Waals surface area (Å²) < 4.78 is 0.725. The molecule has 3 nitrogen and oxygen atoms in total. The van der Waals surface area contributed by atoms with Crippen LogP contribution >= 0.6 is 22.9 Å². The lowest BCUT2D eigenvalue weighted by molar-refractivity contribution is 0.249. The van der Waals surface area contributed by atoms with E-state index in [1.54, 1.807) is 0 Å². The van der Waals surface area contributed by atoms with E-state index in [4.69, 9.17) is 11.6 Å². The summed E-state index contributed by atoms with van der Waals surface area (Å²) in [6.07, 6.45) is 0. The van der Waals surface area contributed by atoms with E-state index in [1.165, 1.54) is 11.3 Å². The highest BCUT2D eigenvalue weighted by Gasteiger charge is 2.11. The number of anilines is 1. The molecular formula is C14H15ClN2OS. The Morgan fingerprint density at radius 1 is 1.21 bits per heavy atom. The second-order valence-corrected chi connectivity index (χ2v) is 6.07. The minimum atomic E-state index is -0.221. The molecule has 0 radical (unpaired) electrons. The fraction of sp³-hybridized carbons (Fsp3) is 0.214. The molecule has 1 aromatic carbocycles. The average Bonchev–Trinajstić information content (AvgIpc) is 2.79. The van der Waals surface area contributed by atoms with Crippen LogP contribution in [0.25, 0.3) is 0 Å². The molecule has 0 saturated carbocycles. The number of thiophene rings is 1. The smallest absolute Gasteiger partial charge is 0.319 e. The fourth-order valence-corrected chi connectivity index (χ4v) is 2.70. The number of amides is 2. The van der Waals surface area contributed by atoms with Gasteiger partial charge in [-0.2, -0.15) is 0 Å². The number of halogens is 1. The number of aryl methyl sites for hydroxylation is 1. The van der Waals surface area contributed by atoms with Crippen molar-refractivity contribution < 1.29 is 4.79 Å². The van der Waals surface area contributed by atoms with Crippen LogP contribution in [0.5, 0.6) is 0 Å². The molecule has 2 amide bonds. The van der Waals surface area contributed by atoms with Gasteiger partial charge >= 0.3 is 6.03 Å². The Kier molecular flexibility index (Phi) is 4.45. The molecule has 100 valence electrons. The van der Waals surface area contributed by atoms with Crippen LogP contribution < -0.4 is 10.6 Å². The van der Waals surface area contributed by atoms with Gasteiger partial charge in [-0.15, -0.1) is 11.3 Å². The number of carbonyl (C=O) groups excluding carboxylic acids is 1. The van der Waals surface area contributed by atoms with Crippen LogP contribution in [0.2, 0.25) is 4.34 Å². The molecule has 5 heteroatoms. The van der Waals surface area contributed by atoms with Crippen LogP contribution in [0, 0.1) is 6.92 Å². The first-order chi connectivity index (χ1) is 9.04. The summed E-state index contributed by atoms with van der Waals surface area (Å²) in [7, 11) is 0. The van der Waals surface area contributed by atoms with Gasteiger partial charge in [0.25, 0.3) is 0 Å². The zero-order valence-corrected chi connectivity index (χ0v) is 12.3. The van der Waals surface area contributed by atoms with Crippen LogP contribution in [0.4, 0.5) is 10.5 Å². The van der Waals surface area contributed by atoms with Crippen molar-refractivity contribution in [3.05, 3.63) is 51.2 Å². The quantitative estimate of drug-likeness (QED) is 0.854. The molecule has 1 heterocycles. The SMILES string of the molecule is Cc1ccc(NC(=O)N[C@H](C)c2ccc(Cl)s2)cc1. The highest BCUT2D eigenvalue weighted by molar-refractivity contribution is 7.16. The van der Waals surface area contributed by atoms with Crippen molar-refractivity contribution in [3.8, 4) is 0 Å². The molecule has 0 aliphatic carbocycles. The van der Waals surface area contributed by atoms with Crippen molar-refractivity contribution in [2.75, 3.05) is 5.32 Å². The highest BCUT2D eigenvalue weighted by atomic mass is 35.5. The van der Waals surface area contributed by atoms with E-state index in [9.17, 15) is 4.79 Å². The molecule has 0 aliphatic heterocycles. The zero-order valence-electron chi connectivity index (χ0n) is 10.7. The van der Waals surface area contributed by atoms with Crippen molar-refractivity contribution >= 4 is 34.7 Å². The number of benzene rings is 1. The van der Waals surface area contributed by atoms with Crippen LogP contribution in [0.1, 0.15) is 23.4 Å². The Labute approximate surface area is 121 Å². The van der Waals surface area contributed by atoms with Crippen molar-refractivity contribution in [1.29, 1.82) is 0 Å². The molecular weight excluding hydrogens is 280 g/mol. The van der Waals surface area contributed by atoms with Crippen LogP contribution in [-0.2, 0) is 0 Å². The van der Waals surface area contributed by atoms with Gasteiger partial charge in [-0.1, -0.05) is 29.3 Å². The molecule has 0 spiro atoms. The highest BCUT2D eigenvalue weighted by Crippen LogP contribution is 2.26. The van der Waals surface area contributed by atoms with Crippen molar-refractivity contribution in [1.82, 2.24) is 5.32 Å². The zero-order chi connectivity index (χ0) is 13.8. The van der Waals surface area contributed by atoms with E-state index in [0.717, 1.165) is 20.5 Å². The summed E-state index contributed by atoms with van der Waals surface area (Å²) >= 11 is 7.34. The van der Waals surface area contributed by atoms with Crippen molar-refractivity contribution in [3.63, 3.8) is 0 Å². The molecule has 1 atom stereocenters. The van der Waals surface area contributed by atoms with Gasteiger partial charge in [-0.3, -0.25) is 0 Å². The third-order valence-corrected chi connectivity index (χ3v) is 4.09. The largest absolute Gasteiger partial charge is 0.331 e. The number of hydrogen-bond donors (Lipinski definition) is 2. The Bertz CT molecular complexity index is 565. The first-order valence-corrected chi connectivity index (χ1v) is 7.13. The second-order valence-electron chi connectivity index (χ2n) is 4.33. The lowest BCUT2D eigenvalue weighted by Crippen LogP contribution is -2.30. The Hall–Kier alpha value is -1.52. The summed E-state index contributed by atoms with van der Waals surface area (Å²) in [5, 5.41) is 5.67. The normalized spacial score (nSPS) is 11.9. The minimum absolute atomic E-state index is 0.0667. The second kappa shape index (κ2) is 6.08. The maximum atomic E-state index is 11.8. The average molecular weight is 295 g/mol. The lowest BCUT2D eigenvalue weighted by Gasteiger charge is -2.13. The number of carbonyl (C=O) groups is 1. The van der Waals surface area contributed by atoms with E-state index in [-0.39, 0.29) is 12.1 Å². The van der Waals surface area contributed by atoms with Gasteiger partial charge in [0, 0.05) is 10.6 Å². The first kappa shape index (κ1) is 13.9. The molecule has 2 rings (SSSR count). The molecule has 0 unspecified atom stereocenters. The van der Waals surface area contributed by atoms with Crippen molar-refractivity contribution in [2.24, 2.45) is 0 Å². The minimum Gasteiger partial charge on any atom is -0.331 e. The summed E-state index contributed by atoms with van der Waals surface area (Å²) in [6.45, 7) is 3.93. The molecule has 2 N–H and O–H groups in total. The number of rotatable bonds is 3. The number of nitrogens with one attached hydrogen (secondary N) is 2. The van der Waals surface area contributed by atoms with E-state index < -0.39 is 0 Å². The maximum absolute atomic E-state index is 11.8.